The van der Waals surface area contributed by atoms with Crippen molar-refractivity contribution < 1.29 is 13.9 Å². The highest BCUT2D eigenvalue weighted by molar-refractivity contribution is 7.99. The number of para-hydroxylation sites is 1. The Kier molecular flexibility index (Phi) is 6.04. The van der Waals surface area contributed by atoms with Crippen molar-refractivity contribution in [2.45, 2.75) is 50.4 Å². The van der Waals surface area contributed by atoms with E-state index in [1.54, 1.807) is 30.5 Å². The van der Waals surface area contributed by atoms with E-state index in [2.05, 4.69) is 26.7 Å². The van der Waals surface area contributed by atoms with Crippen molar-refractivity contribution in [2.75, 3.05) is 5.75 Å². The van der Waals surface area contributed by atoms with E-state index in [1.165, 1.54) is 43.5 Å². The first-order valence-corrected chi connectivity index (χ1v) is 12.2. The molecule has 2 saturated carbocycles. The number of nitrogens with one attached hydrogen (secondary N) is 1. The van der Waals surface area contributed by atoms with Crippen LogP contribution in [0.3, 0.4) is 0 Å². The topological polar surface area (TPSA) is 72.8 Å². The fourth-order valence-corrected chi connectivity index (χ4v) is 6.33. The Morgan fingerprint density at radius 2 is 2.12 bits per heavy atom. The zero-order chi connectivity index (χ0) is 22.1. The van der Waals surface area contributed by atoms with Gasteiger partial charge in [-0.1, -0.05) is 30.3 Å². The molecule has 0 saturated heterocycles. The van der Waals surface area contributed by atoms with Gasteiger partial charge in [-0.3, -0.25) is 9.36 Å². The van der Waals surface area contributed by atoms with Gasteiger partial charge in [0.1, 0.15) is 6.61 Å². The minimum atomic E-state index is -0.397. The molecule has 8 heteroatoms. The van der Waals surface area contributed by atoms with Crippen molar-refractivity contribution in [3.63, 3.8) is 0 Å². The Bertz CT molecular complexity index is 1080. The summed E-state index contributed by atoms with van der Waals surface area (Å²) >= 11 is 1.40. The van der Waals surface area contributed by atoms with Crippen LogP contribution in [-0.2, 0) is 6.61 Å². The van der Waals surface area contributed by atoms with E-state index in [4.69, 9.17) is 4.74 Å². The number of Topliss-reactive ketones (excluding diaryl/α,β-unsaturated/α-hetero) is 1. The van der Waals surface area contributed by atoms with Crippen LogP contribution in [0.2, 0.25) is 0 Å². The Morgan fingerprint density at radius 3 is 2.84 bits per heavy atom. The molecule has 0 radical (unpaired) electrons. The number of carbonyl (C=O) groups is 1. The van der Waals surface area contributed by atoms with Gasteiger partial charge < -0.3 is 9.72 Å². The number of carbonyl (C=O) groups excluding carboxylic acids is 1. The number of nitrogens with zero attached hydrogens (tertiary/aromatic N) is 3. The van der Waals surface area contributed by atoms with Crippen molar-refractivity contribution in [3.8, 4) is 5.75 Å². The zero-order valence-corrected chi connectivity index (χ0v) is 18.9. The lowest BCUT2D eigenvalue weighted by molar-refractivity contribution is 0.101. The van der Waals surface area contributed by atoms with Crippen LogP contribution in [0.4, 0.5) is 4.39 Å². The second-order valence-corrected chi connectivity index (χ2v) is 9.81. The highest BCUT2D eigenvalue weighted by Gasteiger charge is 2.43. The Labute approximate surface area is 191 Å². The number of thioether (sulfide) groups is 1. The summed E-state index contributed by atoms with van der Waals surface area (Å²) in [6, 6.07) is 10.2. The third kappa shape index (κ3) is 4.20. The van der Waals surface area contributed by atoms with Crippen LogP contribution >= 0.6 is 11.8 Å². The summed E-state index contributed by atoms with van der Waals surface area (Å²) in [5.41, 5.74) is 0.591. The third-order valence-electron chi connectivity index (χ3n) is 6.98. The highest BCUT2D eigenvalue weighted by Crippen LogP contribution is 2.52. The number of benzene rings is 1. The Balaban J connectivity index is 1.37. The molecule has 2 heterocycles. The van der Waals surface area contributed by atoms with Crippen LogP contribution in [0.25, 0.3) is 0 Å². The van der Waals surface area contributed by atoms with Gasteiger partial charge in [-0.15, -0.1) is 10.2 Å². The van der Waals surface area contributed by atoms with Crippen LogP contribution in [0.5, 0.6) is 5.75 Å². The average Bonchev–Trinajstić information content (AvgIpc) is 3.60. The summed E-state index contributed by atoms with van der Waals surface area (Å²) < 4.78 is 21.9. The molecule has 32 heavy (non-hydrogen) atoms. The van der Waals surface area contributed by atoms with Crippen molar-refractivity contribution >= 4 is 17.5 Å². The molecule has 168 valence electrons. The van der Waals surface area contributed by atoms with E-state index in [1.807, 2.05) is 6.07 Å². The van der Waals surface area contributed by atoms with Gasteiger partial charge in [-0.25, -0.2) is 4.39 Å². The summed E-state index contributed by atoms with van der Waals surface area (Å²) in [4.78, 5) is 15.5. The summed E-state index contributed by atoms with van der Waals surface area (Å²) in [6.45, 7) is 2.35. The third-order valence-corrected chi connectivity index (χ3v) is 7.92. The highest BCUT2D eigenvalue weighted by atomic mass is 32.2. The fraction of sp³-hybridized carbons (Fsp3) is 0.458. The number of aromatic amines is 1. The maximum atomic E-state index is 14.0. The summed E-state index contributed by atoms with van der Waals surface area (Å²) in [5, 5.41) is 9.50. The van der Waals surface area contributed by atoms with Gasteiger partial charge in [0, 0.05) is 12.2 Å². The average molecular weight is 455 g/mol. The summed E-state index contributed by atoms with van der Waals surface area (Å²) in [5.74, 6) is 2.89. The van der Waals surface area contributed by atoms with E-state index < -0.39 is 5.82 Å². The molecule has 0 amide bonds. The molecular formula is C24H27FN4O2S. The van der Waals surface area contributed by atoms with Gasteiger partial charge in [0.15, 0.2) is 28.3 Å². The van der Waals surface area contributed by atoms with E-state index in [9.17, 15) is 9.18 Å². The zero-order valence-electron chi connectivity index (χ0n) is 18.0. The van der Waals surface area contributed by atoms with Crippen LogP contribution in [-0.4, -0.2) is 31.3 Å². The molecular weight excluding hydrogens is 427 g/mol. The standard InChI is InChI=1S/C24H27FN4O2S/c1-15(18-12-16-8-9-17(18)11-16)29-23(13-31-22-7-3-2-5-19(22)25)27-28-24(29)32-14-21(30)20-6-4-10-26-20/h2-7,10,15-18,26H,8-9,11-14H2,1H3. The SMILES string of the molecule is CC(C1CC2CCC1C2)n1c(COc2ccccc2F)nnc1SCC(=O)c1ccc[nH]1. The number of hydrogen-bond acceptors (Lipinski definition) is 5. The maximum Gasteiger partial charge on any atom is 0.192 e. The minimum absolute atomic E-state index is 0.0197. The van der Waals surface area contributed by atoms with E-state index in [-0.39, 0.29) is 29.9 Å². The predicted octanol–water partition coefficient (Wildman–Crippen LogP) is 5.30. The molecule has 0 spiro atoms. The molecule has 1 N–H and O–H groups in total. The first kappa shape index (κ1) is 21.2. The summed E-state index contributed by atoms with van der Waals surface area (Å²) in [6.07, 6.45) is 6.91. The lowest BCUT2D eigenvalue weighted by Gasteiger charge is -2.30. The summed E-state index contributed by atoms with van der Waals surface area (Å²) in [7, 11) is 0. The molecule has 2 aliphatic rings. The van der Waals surface area contributed by atoms with Gasteiger partial charge >= 0.3 is 0 Å². The largest absolute Gasteiger partial charge is 0.483 e. The number of fused-ring (bicyclic) bond motifs is 2. The number of H-pyrrole nitrogens is 1. The number of hydrogen-bond donors (Lipinski definition) is 1. The molecule has 4 atom stereocenters. The molecule has 1 aromatic carbocycles. The number of halogens is 1. The number of ketones is 1. The van der Waals surface area contributed by atoms with Gasteiger partial charge in [0.2, 0.25) is 0 Å². The molecule has 0 aliphatic heterocycles. The number of aromatic nitrogens is 4. The smallest absolute Gasteiger partial charge is 0.192 e. The number of rotatable bonds is 9. The second kappa shape index (κ2) is 9.10. The Hall–Kier alpha value is -2.61. The molecule has 5 rings (SSSR count). The molecule has 2 bridgehead atoms. The molecule has 2 fully saturated rings. The van der Waals surface area contributed by atoms with Gasteiger partial charge in [0.05, 0.1) is 11.4 Å². The van der Waals surface area contributed by atoms with Crippen LogP contribution < -0.4 is 4.74 Å². The molecule has 4 unspecified atom stereocenters. The van der Waals surface area contributed by atoms with Crippen molar-refractivity contribution in [2.24, 2.45) is 17.8 Å². The molecule has 6 nitrogen and oxygen atoms in total. The molecule has 2 aromatic heterocycles. The Morgan fingerprint density at radius 1 is 1.25 bits per heavy atom. The van der Waals surface area contributed by atoms with Crippen LogP contribution in [0.15, 0.2) is 47.8 Å². The fourth-order valence-electron chi connectivity index (χ4n) is 5.41. The van der Waals surface area contributed by atoms with Crippen molar-refractivity contribution in [3.05, 3.63) is 59.9 Å². The lowest BCUT2D eigenvalue weighted by Crippen LogP contribution is -2.24. The first-order valence-electron chi connectivity index (χ1n) is 11.2. The van der Waals surface area contributed by atoms with E-state index in [0.717, 1.165) is 11.8 Å². The quantitative estimate of drug-likeness (QED) is 0.351. The van der Waals surface area contributed by atoms with Gasteiger partial charge in [-0.2, -0.15) is 0 Å². The van der Waals surface area contributed by atoms with Crippen molar-refractivity contribution in [1.29, 1.82) is 0 Å². The van der Waals surface area contributed by atoms with Gasteiger partial charge in [-0.05, 0) is 68.2 Å². The van der Waals surface area contributed by atoms with Gasteiger partial charge in [0.25, 0.3) is 0 Å². The first-order chi connectivity index (χ1) is 15.6. The maximum absolute atomic E-state index is 14.0. The van der Waals surface area contributed by atoms with Crippen LogP contribution in [0.1, 0.15) is 55.0 Å². The lowest BCUT2D eigenvalue weighted by atomic mass is 9.84. The molecule has 2 aliphatic carbocycles. The second-order valence-electron chi connectivity index (χ2n) is 8.86. The van der Waals surface area contributed by atoms with Crippen LogP contribution in [0, 0.1) is 23.6 Å². The minimum Gasteiger partial charge on any atom is -0.483 e. The molecule has 3 aromatic rings. The number of ether oxygens (including phenoxy) is 1. The monoisotopic (exact) mass is 454 g/mol. The normalized spacial score (nSPS) is 22.9. The predicted molar refractivity (Wildman–Crippen MR) is 120 cm³/mol. The van der Waals surface area contributed by atoms with Crippen molar-refractivity contribution in [1.82, 2.24) is 19.7 Å². The van der Waals surface area contributed by atoms with E-state index in [0.29, 0.717) is 22.6 Å². The van der Waals surface area contributed by atoms with E-state index >= 15 is 0 Å².